The molecule has 13 heteroatoms. The third-order valence-electron chi connectivity index (χ3n) is 4.15. The first-order valence-corrected chi connectivity index (χ1v) is 8.60. The van der Waals surface area contributed by atoms with Gasteiger partial charge in [-0.15, -0.1) is 0 Å². The summed E-state index contributed by atoms with van der Waals surface area (Å²) < 4.78 is 22.2. The Balaban J connectivity index is 1.69. The molecule has 0 saturated carbocycles. The topological polar surface area (TPSA) is 160 Å². The standard InChI is InChI=1S/C14H26N2O11/c1-2-22-10-7-23-14-11(8-24-13(10)14)26-12(17)5-3-4-9(27-16(20)21)6-25-15(18)19/h9-11,13-14,18-21H,2-8H2,1H3/t9-,10+,11+,13-,14-/m1/s1. The first kappa shape index (κ1) is 22.3. The van der Waals surface area contributed by atoms with Crippen molar-refractivity contribution in [1.29, 1.82) is 0 Å². The molecule has 0 aromatic carbocycles. The third kappa shape index (κ3) is 7.17. The summed E-state index contributed by atoms with van der Waals surface area (Å²) in [5.74, 6) is -0.469. The molecule has 2 rings (SSSR count). The Morgan fingerprint density at radius 1 is 1.11 bits per heavy atom. The second-order valence-corrected chi connectivity index (χ2v) is 6.04. The number of esters is 1. The van der Waals surface area contributed by atoms with Gasteiger partial charge in [0.15, 0.2) is 6.10 Å². The van der Waals surface area contributed by atoms with Crippen LogP contribution in [0.1, 0.15) is 26.2 Å². The van der Waals surface area contributed by atoms with E-state index in [0.29, 0.717) is 13.2 Å². The van der Waals surface area contributed by atoms with Gasteiger partial charge >= 0.3 is 5.97 Å². The lowest BCUT2D eigenvalue weighted by atomic mass is 10.1. The van der Waals surface area contributed by atoms with Gasteiger partial charge in [-0.05, 0) is 19.8 Å². The van der Waals surface area contributed by atoms with Crippen molar-refractivity contribution in [2.45, 2.75) is 56.7 Å². The maximum Gasteiger partial charge on any atom is 0.306 e. The van der Waals surface area contributed by atoms with Crippen LogP contribution in [0.25, 0.3) is 0 Å². The van der Waals surface area contributed by atoms with Gasteiger partial charge in [-0.3, -0.25) is 25.6 Å². The van der Waals surface area contributed by atoms with Gasteiger partial charge < -0.3 is 18.9 Å². The zero-order valence-corrected chi connectivity index (χ0v) is 14.9. The van der Waals surface area contributed by atoms with E-state index in [1.165, 1.54) is 0 Å². The summed E-state index contributed by atoms with van der Waals surface area (Å²) in [6.07, 6.45) is -1.78. The van der Waals surface area contributed by atoms with Crippen LogP contribution in [0.4, 0.5) is 0 Å². The SMILES string of the molecule is CCO[C@H]1CO[C@H]2[C@@H]1OC[C@@H]2OC(=O)CCC[C@H](CON(O)O)ON(O)O. The number of hydrogen-bond acceptors (Lipinski definition) is 13. The summed E-state index contributed by atoms with van der Waals surface area (Å²) in [5.41, 5.74) is 0. The van der Waals surface area contributed by atoms with Crippen LogP contribution in [0.15, 0.2) is 0 Å². The number of nitrogens with zero attached hydrogens (tertiary/aromatic N) is 2. The molecule has 158 valence electrons. The molecular formula is C14H26N2O11. The van der Waals surface area contributed by atoms with Crippen LogP contribution >= 0.6 is 0 Å². The molecule has 0 bridgehead atoms. The maximum atomic E-state index is 12.0. The number of fused-ring (bicyclic) bond motifs is 1. The molecule has 0 aliphatic carbocycles. The molecular weight excluding hydrogens is 372 g/mol. The van der Waals surface area contributed by atoms with Crippen LogP contribution in [0.3, 0.4) is 0 Å². The van der Waals surface area contributed by atoms with E-state index in [2.05, 4.69) is 9.68 Å². The smallest absolute Gasteiger partial charge is 0.306 e. The number of hydrogen-bond donors (Lipinski definition) is 4. The van der Waals surface area contributed by atoms with E-state index < -0.39 is 35.6 Å². The fraction of sp³-hybridized carbons (Fsp3) is 0.929. The molecule has 0 aromatic rings. The zero-order valence-electron chi connectivity index (χ0n) is 14.9. The highest BCUT2D eigenvalue weighted by Crippen LogP contribution is 2.30. The van der Waals surface area contributed by atoms with Crippen LogP contribution < -0.4 is 0 Å². The lowest BCUT2D eigenvalue weighted by molar-refractivity contribution is -0.527. The minimum absolute atomic E-state index is 0.0292. The minimum Gasteiger partial charge on any atom is -0.457 e. The molecule has 2 heterocycles. The summed E-state index contributed by atoms with van der Waals surface area (Å²) >= 11 is 0. The van der Waals surface area contributed by atoms with Gasteiger partial charge in [0.1, 0.15) is 31.0 Å². The molecule has 0 unspecified atom stereocenters. The summed E-state index contributed by atoms with van der Waals surface area (Å²) in [6, 6.07) is 0. The highest BCUT2D eigenvalue weighted by atomic mass is 17.1. The lowest BCUT2D eigenvalue weighted by Gasteiger charge is -2.19. The average Bonchev–Trinajstić information content (AvgIpc) is 3.16. The van der Waals surface area contributed by atoms with E-state index in [-0.39, 0.29) is 44.2 Å². The van der Waals surface area contributed by atoms with Crippen molar-refractivity contribution in [3.8, 4) is 0 Å². The summed E-state index contributed by atoms with van der Waals surface area (Å²) in [5, 5.41) is 33.3. The minimum atomic E-state index is -0.945. The normalized spacial score (nSPS) is 28.7. The second-order valence-electron chi connectivity index (χ2n) is 6.04. The monoisotopic (exact) mass is 398 g/mol. The Hall–Kier alpha value is -0.970. The Labute approximate surface area is 155 Å². The Morgan fingerprint density at radius 3 is 2.41 bits per heavy atom. The zero-order chi connectivity index (χ0) is 19.8. The van der Waals surface area contributed by atoms with E-state index in [9.17, 15) is 4.79 Å². The van der Waals surface area contributed by atoms with E-state index >= 15 is 0 Å². The lowest BCUT2D eigenvalue weighted by Crippen LogP contribution is -2.35. The number of ether oxygens (including phenoxy) is 4. The Morgan fingerprint density at radius 2 is 1.78 bits per heavy atom. The first-order chi connectivity index (χ1) is 12.9. The van der Waals surface area contributed by atoms with Crippen molar-refractivity contribution in [3.05, 3.63) is 0 Å². The van der Waals surface area contributed by atoms with Gasteiger partial charge in [0.2, 0.25) is 0 Å². The van der Waals surface area contributed by atoms with E-state index in [1.807, 2.05) is 6.92 Å². The fourth-order valence-corrected chi connectivity index (χ4v) is 3.04. The van der Waals surface area contributed by atoms with Gasteiger partial charge in [0.05, 0.1) is 24.0 Å². The number of rotatable bonds is 12. The summed E-state index contributed by atoms with van der Waals surface area (Å²) in [7, 11) is 0. The highest BCUT2D eigenvalue weighted by molar-refractivity contribution is 5.69. The van der Waals surface area contributed by atoms with E-state index in [1.54, 1.807) is 0 Å². The van der Waals surface area contributed by atoms with Crippen molar-refractivity contribution >= 4 is 5.97 Å². The first-order valence-electron chi connectivity index (χ1n) is 8.60. The van der Waals surface area contributed by atoms with Crippen LogP contribution in [-0.4, -0.2) is 94.5 Å². The van der Waals surface area contributed by atoms with E-state index in [4.69, 9.17) is 39.8 Å². The van der Waals surface area contributed by atoms with Crippen molar-refractivity contribution in [1.82, 2.24) is 10.8 Å². The molecule has 2 fully saturated rings. The molecule has 0 amide bonds. The quantitative estimate of drug-likeness (QED) is 0.250. The summed E-state index contributed by atoms with van der Waals surface area (Å²) in [6.45, 7) is 2.65. The van der Waals surface area contributed by atoms with Crippen LogP contribution in [-0.2, 0) is 33.4 Å². The van der Waals surface area contributed by atoms with Gasteiger partial charge in [-0.1, -0.05) is 0 Å². The highest BCUT2D eigenvalue weighted by Gasteiger charge is 2.49. The molecule has 0 radical (unpaired) electrons. The van der Waals surface area contributed by atoms with Crippen molar-refractivity contribution in [3.63, 3.8) is 0 Å². The maximum absolute atomic E-state index is 12.0. The number of carbonyl (C=O) groups is 1. The molecule has 2 saturated heterocycles. The Kier molecular flexibility index (Phi) is 9.20. The van der Waals surface area contributed by atoms with Gasteiger partial charge in [-0.25, -0.2) is 9.68 Å². The molecule has 2 aliphatic rings. The third-order valence-corrected chi connectivity index (χ3v) is 4.15. The fourth-order valence-electron chi connectivity index (χ4n) is 3.04. The van der Waals surface area contributed by atoms with Gasteiger partial charge in [-0.2, -0.15) is 0 Å². The largest absolute Gasteiger partial charge is 0.457 e. The molecule has 4 N–H and O–H groups in total. The summed E-state index contributed by atoms with van der Waals surface area (Å²) in [4.78, 5) is 21.0. The molecule has 27 heavy (non-hydrogen) atoms. The van der Waals surface area contributed by atoms with Gasteiger partial charge in [0, 0.05) is 13.0 Å². The molecule has 0 aromatic heterocycles. The van der Waals surface area contributed by atoms with Gasteiger partial charge in [0.25, 0.3) is 0 Å². The molecule has 5 atom stereocenters. The van der Waals surface area contributed by atoms with Crippen LogP contribution in [0, 0.1) is 0 Å². The molecule has 13 nitrogen and oxygen atoms in total. The average molecular weight is 398 g/mol. The molecule has 2 aliphatic heterocycles. The van der Waals surface area contributed by atoms with Crippen LogP contribution in [0.2, 0.25) is 0 Å². The Bertz CT molecular complexity index is 453. The van der Waals surface area contributed by atoms with Crippen molar-refractivity contribution in [2.24, 2.45) is 0 Å². The van der Waals surface area contributed by atoms with Crippen LogP contribution in [0.5, 0.6) is 0 Å². The second kappa shape index (κ2) is 11.1. The van der Waals surface area contributed by atoms with E-state index in [0.717, 1.165) is 0 Å². The predicted octanol–water partition coefficient (Wildman–Crippen LogP) is -0.336. The van der Waals surface area contributed by atoms with Crippen molar-refractivity contribution in [2.75, 3.05) is 26.4 Å². The number of carbonyl (C=O) groups excluding carboxylic acids is 1. The molecule has 0 spiro atoms. The van der Waals surface area contributed by atoms with Crippen molar-refractivity contribution < 1.29 is 54.2 Å². The predicted molar refractivity (Wildman–Crippen MR) is 80.3 cm³/mol.